The lowest BCUT2D eigenvalue weighted by Crippen LogP contribution is -2.42. The average molecular weight is 284 g/mol. The van der Waals surface area contributed by atoms with Crippen LogP contribution < -0.4 is 5.32 Å². The fraction of sp³-hybridized carbons (Fsp3) is 0.684. The van der Waals surface area contributed by atoms with Crippen LogP contribution in [0.15, 0.2) is 24.3 Å². The van der Waals surface area contributed by atoms with Gasteiger partial charge in [-0.3, -0.25) is 4.90 Å². The van der Waals surface area contributed by atoms with Crippen LogP contribution in [0.3, 0.4) is 0 Å². The van der Waals surface area contributed by atoms with E-state index in [4.69, 9.17) is 0 Å². The Labute approximate surface area is 128 Å². The Bertz CT molecular complexity index is 488. The maximum absolute atomic E-state index is 3.70. The highest BCUT2D eigenvalue weighted by molar-refractivity contribution is 5.35. The van der Waals surface area contributed by atoms with E-state index in [0.717, 1.165) is 18.0 Å². The molecule has 1 N–H and O–H groups in total. The molecule has 1 saturated heterocycles. The molecule has 0 radical (unpaired) electrons. The van der Waals surface area contributed by atoms with Crippen molar-refractivity contribution in [2.24, 2.45) is 0 Å². The van der Waals surface area contributed by atoms with Crippen molar-refractivity contribution >= 4 is 0 Å². The first-order chi connectivity index (χ1) is 10.3. The Kier molecular flexibility index (Phi) is 3.76. The highest BCUT2D eigenvalue weighted by Gasteiger charge is 2.38. The van der Waals surface area contributed by atoms with Crippen LogP contribution in [0.2, 0.25) is 0 Å². The molecule has 0 spiro atoms. The van der Waals surface area contributed by atoms with Crippen LogP contribution in [0.25, 0.3) is 0 Å². The quantitative estimate of drug-likeness (QED) is 0.903. The average Bonchev–Trinajstić information content (AvgIpc) is 3.23. The lowest BCUT2D eigenvalue weighted by molar-refractivity contribution is 0.151. The van der Waals surface area contributed by atoms with Crippen LogP contribution in [-0.4, -0.2) is 30.1 Å². The fourth-order valence-corrected chi connectivity index (χ4v) is 4.43. The van der Waals surface area contributed by atoms with Crippen LogP contribution in [0, 0.1) is 0 Å². The van der Waals surface area contributed by atoms with Crippen molar-refractivity contribution in [3.63, 3.8) is 0 Å². The van der Waals surface area contributed by atoms with E-state index in [1.165, 1.54) is 51.6 Å². The summed E-state index contributed by atoms with van der Waals surface area (Å²) in [6.45, 7) is 4.88. The van der Waals surface area contributed by atoms with Crippen molar-refractivity contribution in [2.75, 3.05) is 13.1 Å². The summed E-state index contributed by atoms with van der Waals surface area (Å²) in [5.74, 6) is 0.739. The van der Waals surface area contributed by atoms with E-state index in [9.17, 15) is 0 Å². The molecule has 1 saturated carbocycles. The van der Waals surface area contributed by atoms with Gasteiger partial charge >= 0.3 is 0 Å². The molecule has 1 heterocycles. The molecule has 1 aromatic carbocycles. The Morgan fingerprint density at radius 1 is 1.05 bits per heavy atom. The van der Waals surface area contributed by atoms with E-state index in [-0.39, 0.29) is 0 Å². The summed E-state index contributed by atoms with van der Waals surface area (Å²) in [7, 11) is 0. The number of nitrogens with zero attached hydrogens (tertiary/aromatic N) is 1. The molecule has 0 aromatic heterocycles. The third-order valence-electron chi connectivity index (χ3n) is 5.77. The highest BCUT2D eigenvalue weighted by Crippen LogP contribution is 2.44. The van der Waals surface area contributed by atoms with E-state index in [2.05, 4.69) is 41.4 Å². The molecule has 0 bridgehead atoms. The summed E-state index contributed by atoms with van der Waals surface area (Å²) in [4.78, 5) is 2.85. The summed E-state index contributed by atoms with van der Waals surface area (Å²) < 4.78 is 0. The minimum Gasteiger partial charge on any atom is -0.313 e. The molecular weight excluding hydrogens is 256 g/mol. The third-order valence-corrected chi connectivity index (χ3v) is 5.77. The van der Waals surface area contributed by atoms with Gasteiger partial charge in [-0.05, 0) is 62.1 Å². The van der Waals surface area contributed by atoms with Crippen LogP contribution >= 0.6 is 0 Å². The van der Waals surface area contributed by atoms with Gasteiger partial charge in [-0.2, -0.15) is 0 Å². The van der Waals surface area contributed by atoms with Gasteiger partial charge in [0.1, 0.15) is 0 Å². The Hall–Kier alpha value is -0.860. The zero-order valence-corrected chi connectivity index (χ0v) is 13.2. The van der Waals surface area contributed by atoms with Crippen molar-refractivity contribution in [2.45, 2.75) is 69.5 Å². The monoisotopic (exact) mass is 284 g/mol. The third kappa shape index (κ3) is 2.76. The number of hydrogen-bond acceptors (Lipinski definition) is 2. The first-order valence-corrected chi connectivity index (χ1v) is 8.91. The number of benzene rings is 1. The molecule has 0 amide bonds. The summed E-state index contributed by atoms with van der Waals surface area (Å²) in [6, 6.07) is 11.5. The Morgan fingerprint density at radius 3 is 2.57 bits per heavy atom. The molecule has 2 nitrogen and oxygen atoms in total. The molecule has 2 fully saturated rings. The largest absolute Gasteiger partial charge is 0.313 e. The lowest BCUT2D eigenvalue weighted by Gasteiger charge is -2.39. The van der Waals surface area contributed by atoms with Crippen molar-refractivity contribution in [1.82, 2.24) is 10.2 Å². The standard InChI is InChI=1S/C19H28N2/c1-14-8-11-19(18-7-3-2-6-17(14)18)21(16-9-10-16)13-15-5-4-12-20-15/h2-3,6-7,14-16,19-20H,4-5,8-13H2,1H3. The maximum Gasteiger partial charge on any atom is 0.0354 e. The Balaban J connectivity index is 1.59. The molecule has 3 unspecified atom stereocenters. The van der Waals surface area contributed by atoms with Gasteiger partial charge in [-0.25, -0.2) is 0 Å². The number of nitrogens with one attached hydrogen (secondary N) is 1. The van der Waals surface area contributed by atoms with Gasteiger partial charge in [-0.15, -0.1) is 0 Å². The number of hydrogen-bond donors (Lipinski definition) is 1. The van der Waals surface area contributed by atoms with E-state index < -0.39 is 0 Å². The molecule has 1 aliphatic heterocycles. The molecule has 1 aromatic rings. The minimum absolute atomic E-state index is 0.673. The molecule has 114 valence electrons. The predicted molar refractivity (Wildman–Crippen MR) is 87.6 cm³/mol. The second-order valence-corrected chi connectivity index (χ2v) is 7.34. The summed E-state index contributed by atoms with van der Waals surface area (Å²) >= 11 is 0. The molecule has 3 atom stereocenters. The van der Waals surface area contributed by atoms with Gasteiger partial charge < -0.3 is 5.32 Å². The lowest BCUT2D eigenvalue weighted by atomic mass is 9.80. The van der Waals surface area contributed by atoms with E-state index in [1.807, 2.05) is 0 Å². The highest BCUT2D eigenvalue weighted by atomic mass is 15.2. The first kappa shape index (κ1) is 13.8. The number of rotatable bonds is 4. The second-order valence-electron chi connectivity index (χ2n) is 7.34. The number of fused-ring (bicyclic) bond motifs is 1. The van der Waals surface area contributed by atoms with Crippen molar-refractivity contribution in [3.8, 4) is 0 Å². The van der Waals surface area contributed by atoms with E-state index in [1.54, 1.807) is 11.1 Å². The summed E-state index contributed by atoms with van der Waals surface area (Å²) in [5.41, 5.74) is 3.24. The van der Waals surface area contributed by atoms with Crippen LogP contribution in [-0.2, 0) is 0 Å². The smallest absolute Gasteiger partial charge is 0.0354 e. The van der Waals surface area contributed by atoms with Crippen molar-refractivity contribution in [3.05, 3.63) is 35.4 Å². The molecular formula is C19H28N2. The van der Waals surface area contributed by atoms with Gasteiger partial charge in [0.25, 0.3) is 0 Å². The zero-order chi connectivity index (χ0) is 14.2. The van der Waals surface area contributed by atoms with Gasteiger partial charge in [0.15, 0.2) is 0 Å². The van der Waals surface area contributed by atoms with Crippen LogP contribution in [0.1, 0.15) is 68.5 Å². The maximum atomic E-state index is 3.70. The normalized spacial score (nSPS) is 32.4. The zero-order valence-electron chi connectivity index (χ0n) is 13.2. The summed E-state index contributed by atoms with van der Waals surface area (Å²) in [6.07, 6.45) is 8.27. The fourth-order valence-electron chi connectivity index (χ4n) is 4.43. The molecule has 3 aliphatic rings. The van der Waals surface area contributed by atoms with Crippen molar-refractivity contribution in [1.29, 1.82) is 0 Å². The summed E-state index contributed by atoms with van der Waals surface area (Å²) in [5, 5.41) is 3.70. The van der Waals surface area contributed by atoms with Crippen LogP contribution in [0.5, 0.6) is 0 Å². The topological polar surface area (TPSA) is 15.3 Å². The SMILES string of the molecule is CC1CCC(N(CC2CCCN2)C2CC2)c2ccccc21. The molecule has 2 heteroatoms. The molecule has 21 heavy (non-hydrogen) atoms. The predicted octanol–water partition coefficient (Wildman–Crippen LogP) is 3.84. The van der Waals surface area contributed by atoms with Gasteiger partial charge in [0.05, 0.1) is 0 Å². The molecule has 4 rings (SSSR count). The van der Waals surface area contributed by atoms with Crippen LogP contribution in [0.4, 0.5) is 0 Å². The second kappa shape index (κ2) is 5.73. The van der Waals surface area contributed by atoms with E-state index >= 15 is 0 Å². The van der Waals surface area contributed by atoms with Gasteiger partial charge in [-0.1, -0.05) is 31.2 Å². The Morgan fingerprint density at radius 2 is 1.86 bits per heavy atom. The first-order valence-electron chi connectivity index (χ1n) is 8.91. The van der Waals surface area contributed by atoms with E-state index in [0.29, 0.717) is 6.04 Å². The minimum atomic E-state index is 0.673. The van der Waals surface area contributed by atoms with Gasteiger partial charge in [0, 0.05) is 24.7 Å². The molecule has 2 aliphatic carbocycles. The van der Waals surface area contributed by atoms with Crippen molar-refractivity contribution < 1.29 is 0 Å². The van der Waals surface area contributed by atoms with Gasteiger partial charge in [0.2, 0.25) is 0 Å².